The van der Waals surface area contributed by atoms with E-state index in [9.17, 15) is 0 Å². The second kappa shape index (κ2) is 11.2. The van der Waals surface area contributed by atoms with Gasteiger partial charge in [0.1, 0.15) is 0 Å². The van der Waals surface area contributed by atoms with Gasteiger partial charge in [0.05, 0.1) is 33.8 Å². The third-order valence-corrected chi connectivity index (χ3v) is 8.81. The summed E-state index contributed by atoms with van der Waals surface area (Å²) in [7, 11) is 0. The molecule has 9 rings (SSSR count). The Labute approximate surface area is 271 Å². The maximum Gasteiger partial charge on any atom is 0.0886 e. The highest BCUT2D eigenvalue weighted by Crippen LogP contribution is 2.42. The summed E-state index contributed by atoms with van der Waals surface area (Å²) in [6.07, 6.45) is 7.50. The van der Waals surface area contributed by atoms with Gasteiger partial charge in [0.25, 0.3) is 0 Å². The van der Waals surface area contributed by atoms with Gasteiger partial charge in [-0.15, -0.1) is 0 Å². The quantitative estimate of drug-likeness (QED) is 0.197. The summed E-state index contributed by atoms with van der Waals surface area (Å²) >= 11 is 0. The fourth-order valence-corrected chi connectivity index (χ4v) is 6.60. The van der Waals surface area contributed by atoms with Crippen LogP contribution in [0.5, 0.6) is 0 Å². The molecule has 47 heavy (non-hydrogen) atoms. The Morgan fingerprint density at radius 2 is 0.979 bits per heavy atom. The smallest absolute Gasteiger partial charge is 0.0886 e. The fourth-order valence-electron chi connectivity index (χ4n) is 6.60. The standard InChI is InChI=1S/C42H27N5/c1-2-10-31(11-3-1)47-40-24-28(29-17-20-38(45-26-29)36-14-6-8-22-43-36)16-19-34(40)42-33-13-5-4-12-32(33)35(25-41(42)47)30-18-21-39(46-27-30)37-15-7-9-23-44-37/h1-27H. The average molecular weight is 602 g/mol. The minimum absolute atomic E-state index is 0.855. The third kappa shape index (κ3) is 4.64. The van der Waals surface area contributed by atoms with E-state index < -0.39 is 0 Å². The van der Waals surface area contributed by atoms with E-state index >= 15 is 0 Å². The largest absolute Gasteiger partial charge is 0.309 e. The van der Waals surface area contributed by atoms with Crippen LogP contribution in [0.4, 0.5) is 0 Å². The summed E-state index contributed by atoms with van der Waals surface area (Å²) < 4.78 is 2.38. The monoisotopic (exact) mass is 601 g/mol. The van der Waals surface area contributed by atoms with Crippen molar-refractivity contribution >= 4 is 32.6 Å². The van der Waals surface area contributed by atoms with Gasteiger partial charge in [-0.25, -0.2) is 0 Å². The molecule has 0 radical (unpaired) electrons. The first kappa shape index (κ1) is 26.9. The van der Waals surface area contributed by atoms with E-state index in [1.54, 1.807) is 12.4 Å². The minimum atomic E-state index is 0.855. The first-order valence-corrected chi connectivity index (χ1v) is 15.6. The molecule has 4 aromatic carbocycles. The number of hydrogen-bond donors (Lipinski definition) is 0. The summed E-state index contributed by atoms with van der Waals surface area (Å²) in [4.78, 5) is 18.5. The molecule has 0 fully saturated rings. The van der Waals surface area contributed by atoms with E-state index in [0.29, 0.717) is 0 Å². The van der Waals surface area contributed by atoms with E-state index in [4.69, 9.17) is 9.97 Å². The zero-order valence-electron chi connectivity index (χ0n) is 25.3. The second-order valence-electron chi connectivity index (χ2n) is 11.6. The molecular formula is C42H27N5. The molecule has 0 aliphatic carbocycles. The number of hydrogen-bond acceptors (Lipinski definition) is 4. The molecule has 0 atom stereocenters. The molecule has 0 spiro atoms. The van der Waals surface area contributed by atoms with Crippen molar-refractivity contribution in [3.05, 3.63) is 164 Å². The van der Waals surface area contributed by atoms with Crippen molar-refractivity contribution in [1.29, 1.82) is 0 Å². The van der Waals surface area contributed by atoms with Gasteiger partial charge < -0.3 is 4.57 Å². The molecule has 0 N–H and O–H groups in total. The zero-order valence-corrected chi connectivity index (χ0v) is 25.3. The van der Waals surface area contributed by atoms with Crippen LogP contribution in [0, 0.1) is 0 Å². The topological polar surface area (TPSA) is 56.5 Å². The molecule has 0 saturated heterocycles. The van der Waals surface area contributed by atoms with Crippen LogP contribution in [0.1, 0.15) is 0 Å². The number of pyridine rings is 4. The van der Waals surface area contributed by atoms with Crippen LogP contribution in [-0.2, 0) is 0 Å². The van der Waals surface area contributed by atoms with Gasteiger partial charge in [-0.1, -0.05) is 78.9 Å². The molecule has 5 heterocycles. The van der Waals surface area contributed by atoms with Crippen LogP contribution in [0.15, 0.2) is 164 Å². The summed E-state index contributed by atoms with van der Waals surface area (Å²) in [6, 6.07) is 48.5. The van der Waals surface area contributed by atoms with E-state index in [1.807, 2.05) is 54.9 Å². The van der Waals surface area contributed by atoms with Crippen LogP contribution < -0.4 is 0 Å². The van der Waals surface area contributed by atoms with Crippen LogP contribution in [0.3, 0.4) is 0 Å². The molecule has 5 heteroatoms. The van der Waals surface area contributed by atoms with Gasteiger partial charge in [-0.05, 0) is 82.6 Å². The second-order valence-corrected chi connectivity index (χ2v) is 11.6. The number of nitrogens with zero attached hydrogens (tertiary/aromatic N) is 5. The average Bonchev–Trinajstić information content (AvgIpc) is 3.49. The Morgan fingerprint density at radius 1 is 0.383 bits per heavy atom. The summed E-state index contributed by atoms with van der Waals surface area (Å²) in [6.45, 7) is 0. The van der Waals surface area contributed by atoms with Gasteiger partial charge in [0.2, 0.25) is 0 Å². The number of aromatic nitrogens is 5. The normalized spacial score (nSPS) is 11.4. The molecule has 9 aromatic rings. The molecule has 0 saturated carbocycles. The predicted octanol–water partition coefficient (Wildman–Crippen LogP) is 10.2. The first-order chi connectivity index (χ1) is 23.3. The number of rotatable bonds is 5. The Morgan fingerprint density at radius 3 is 1.62 bits per heavy atom. The third-order valence-electron chi connectivity index (χ3n) is 8.81. The van der Waals surface area contributed by atoms with Crippen molar-refractivity contribution in [3.8, 4) is 50.7 Å². The summed E-state index contributed by atoms with van der Waals surface area (Å²) in [5, 5.41) is 4.84. The van der Waals surface area contributed by atoms with E-state index in [0.717, 1.165) is 61.8 Å². The molecule has 220 valence electrons. The van der Waals surface area contributed by atoms with Crippen molar-refractivity contribution in [2.75, 3.05) is 0 Å². The minimum Gasteiger partial charge on any atom is -0.309 e. The van der Waals surface area contributed by atoms with Crippen molar-refractivity contribution < 1.29 is 0 Å². The van der Waals surface area contributed by atoms with Crippen LogP contribution in [-0.4, -0.2) is 24.5 Å². The van der Waals surface area contributed by atoms with Crippen LogP contribution >= 0.6 is 0 Å². The lowest BCUT2D eigenvalue weighted by Crippen LogP contribution is -1.95. The van der Waals surface area contributed by atoms with Crippen molar-refractivity contribution in [2.45, 2.75) is 0 Å². The van der Waals surface area contributed by atoms with E-state index in [-0.39, 0.29) is 0 Å². The summed E-state index contributed by atoms with van der Waals surface area (Å²) in [5.74, 6) is 0. The molecule has 0 unspecified atom stereocenters. The fraction of sp³-hybridized carbons (Fsp3) is 0. The van der Waals surface area contributed by atoms with Gasteiger partial charge >= 0.3 is 0 Å². The Kier molecular flexibility index (Phi) is 6.39. The lowest BCUT2D eigenvalue weighted by molar-refractivity contribution is 1.18. The van der Waals surface area contributed by atoms with E-state index in [1.165, 1.54) is 21.5 Å². The van der Waals surface area contributed by atoms with Crippen molar-refractivity contribution in [1.82, 2.24) is 24.5 Å². The van der Waals surface area contributed by atoms with E-state index in [2.05, 4.69) is 112 Å². The highest BCUT2D eigenvalue weighted by Gasteiger charge is 2.19. The number of fused-ring (bicyclic) bond motifs is 5. The van der Waals surface area contributed by atoms with Crippen LogP contribution in [0.25, 0.3) is 83.3 Å². The lowest BCUT2D eigenvalue weighted by atomic mass is 9.95. The molecular weight excluding hydrogens is 574 g/mol. The maximum atomic E-state index is 4.83. The first-order valence-electron chi connectivity index (χ1n) is 15.6. The molecule has 0 aliphatic heterocycles. The molecule has 5 nitrogen and oxygen atoms in total. The van der Waals surface area contributed by atoms with Crippen molar-refractivity contribution in [3.63, 3.8) is 0 Å². The van der Waals surface area contributed by atoms with Gasteiger partial charge in [0.15, 0.2) is 0 Å². The Bertz CT molecular complexity index is 2520. The number of para-hydroxylation sites is 1. The van der Waals surface area contributed by atoms with Crippen molar-refractivity contribution in [2.24, 2.45) is 0 Å². The van der Waals surface area contributed by atoms with Gasteiger partial charge in [-0.3, -0.25) is 19.9 Å². The highest BCUT2D eigenvalue weighted by atomic mass is 15.0. The lowest BCUT2D eigenvalue weighted by Gasteiger charge is -2.12. The predicted molar refractivity (Wildman–Crippen MR) is 191 cm³/mol. The highest BCUT2D eigenvalue weighted by molar-refractivity contribution is 6.24. The number of benzene rings is 4. The zero-order chi connectivity index (χ0) is 31.2. The Hall–Kier alpha value is -6.46. The van der Waals surface area contributed by atoms with Gasteiger partial charge in [0, 0.05) is 52.4 Å². The Balaban J connectivity index is 1.26. The molecule has 5 aromatic heterocycles. The maximum absolute atomic E-state index is 4.83. The van der Waals surface area contributed by atoms with Gasteiger partial charge in [-0.2, -0.15) is 0 Å². The molecule has 0 amide bonds. The van der Waals surface area contributed by atoms with Crippen LogP contribution in [0.2, 0.25) is 0 Å². The molecule has 0 bridgehead atoms. The molecule has 0 aliphatic rings. The summed E-state index contributed by atoms with van der Waals surface area (Å²) in [5.41, 5.74) is 11.2. The SMILES string of the molecule is c1ccc(-n2c3cc(-c4ccc(-c5ccccn5)nc4)ccc3c3c4ccccc4c(-c4ccc(-c5ccccn5)nc4)cc32)cc1.